The molecule has 0 aliphatic heterocycles. The fourth-order valence-corrected chi connectivity index (χ4v) is 3.01. The van der Waals surface area contributed by atoms with Crippen molar-refractivity contribution in [2.45, 2.75) is 37.8 Å². The Labute approximate surface area is 124 Å². The van der Waals surface area contributed by atoms with Crippen molar-refractivity contribution in [3.8, 4) is 0 Å². The van der Waals surface area contributed by atoms with E-state index in [1.807, 2.05) is 19.1 Å². The summed E-state index contributed by atoms with van der Waals surface area (Å²) in [5, 5.41) is 3.51. The van der Waals surface area contributed by atoms with E-state index >= 15 is 0 Å². The van der Waals surface area contributed by atoms with Crippen LogP contribution >= 0.6 is 0 Å². The molecule has 21 heavy (non-hydrogen) atoms. The Hall–Kier alpha value is -1.74. The van der Waals surface area contributed by atoms with Crippen molar-refractivity contribution in [3.63, 3.8) is 0 Å². The van der Waals surface area contributed by atoms with Crippen LogP contribution in [0, 0.1) is 11.6 Å². The third-order valence-corrected chi connectivity index (χ3v) is 4.29. The van der Waals surface area contributed by atoms with Gasteiger partial charge in [0.05, 0.1) is 0 Å². The van der Waals surface area contributed by atoms with Crippen LogP contribution in [0.3, 0.4) is 0 Å². The molecular formula is C18H19F2N. The summed E-state index contributed by atoms with van der Waals surface area (Å²) in [5.74, 6) is 0.0577. The first kappa shape index (κ1) is 14.2. The van der Waals surface area contributed by atoms with E-state index in [4.69, 9.17) is 0 Å². The maximum absolute atomic E-state index is 13.2. The SMILES string of the molecule is C[C@@H](NC1CC(c2cccc(F)c2)C1)c1cccc(F)c1. The quantitative estimate of drug-likeness (QED) is 0.869. The van der Waals surface area contributed by atoms with E-state index in [1.54, 1.807) is 24.3 Å². The highest BCUT2D eigenvalue weighted by Crippen LogP contribution is 2.38. The molecule has 0 aromatic heterocycles. The number of benzene rings is 2. The zero-order chi connectivity index (χ0) is 14.8. The summed E-state index contributed by atoms with van der Waals surface area (Å²) < 4.78 is 26.4. The Kier molecular flexibility index (Phi) is 4.02. The first-order valence-electron chi connectivity index (χ1n) is 7.39. The third-order valence-electron chi connectivity index (χ3n) is 4.29. The average molecular weight is 287 g/mol. The molecule has 1 N–H and O–H groups in total. The van der Waals surface area contributed by atoms with E-state index in [9.17, 15) is 8.78 Å². The molecule has 0 radical (unpaired) electrons. The maximum Gasteiger partial charge on any atom is 0.123 e. The minimum atomic E-state index is -0.201. The predicted octanol–water partition coefficient (Wildman–Crippen LogP) is 4.56. The second kappa shape index (κ2) is 5.94. The maximum atomic E-state index is 13.2. The summed E-state index contributed by atoms with van der Waals surface area (Å²) in [6.07, 6.45) is 2.01. The molecule has 1 aliphatic carbocycles. The molecule has 3 heteroatoms. The molecule has 2 aromatic rings. The summed E-state index contributed by atoms with van der Waals surface area (Å²) in [6, 6.07) is 14.1. The molecule has 1 nitrogen and oxygen atoms in total. The minimum absolute atomic E-state index is 0.124. The lowest BCUT2D eigenvalue weighted by molar-refractivity contribution is 0.270. The average Bonchev–Trinajstić information content (AvgIpc) is 2.42. The van der Waals surface area contributed by atoms with Crippen molar-refractivity contribution in [1.29, 1.82) is 0 Å². The van der Waals surface area contributed by atoms with Crippen molar-refractivity contribution in [3.05, 3.63) is 71.3 Å². The molecular weight excluding hydrogens is 268 g/mol. The van der Waals surface area contributed by atoms with Gasteiger partial charge in [-0.3, -0.25) is 0 Å². The van der Waals surface area contributed by atoms with Crippen molar-refractivity contribution in [2.75, 3.05) is 0 Å². The fraction of sp³-hybridized carbons (Fsp3) is 0.333. The van der Waals surface area contributed by atoms with Gasteiger partial charge >= 0.3 is 0 Å². The van der Waals surface area contributed by atoms with Crippen LogP contribution in [0.1, 0.15) is 42.9 Å². The molecule has 1 fully saturated rings. The molecule has 3 rings (SSSR count). The van der Waals surface area contributed by atoms with Gasteiger partial charge in [0.25, 0.3) is 0 Å². The Bertz CT molecular complexity index is 620. The third kappa shape index (κ3) is 3.30. The Balaban J connectivity index is 1.55. The number of rotatable bonds is 4. The zero-order valence-electron chi connectivity index (χ0n) is 12.0. The summed E-state index contributed by atoms with van der Waals surface area (Å²) in [4.78, 5) is 0. The van der Waals surface area contributed by atoms with E-state index in [0.29, 0.717) is 12.0 Å². The number of halogens is 2. The molecule has 1 aliphatic rings. The highest BCUT2D eigenvalue weighted by atomic mass is 19.1. The van der Waals surface area contributed by atoms with Crippen LogP contribution in [0.2, 0.25) is 0 Å². The van der Waals surface area contributed by atoms with E-state index in [2.05, 4.69) is 5.32 Å². The van der Waals surface area contributed by atoms with Gasteiger partial charge in [-0.05, 0) is 61.1 Å². The number of nitrogens with one attached hydrogen (secondary N) is 1. The van der Waals surface area contributed by atoms with Crippen molar-refractivity contribution in [2.24, 2.45) is 0 Å². The van der Waals surface area contributed by atoms with Gasteiger partial charge in [0.1, 0.15) is 11.6 Å². The van der Waals surface area contributed by atoms with Crippen molar-refractivity contribution >= 4 is 0 Å². The van der Waals surface area contributed by atoms with Gasteiger partial charge in [0, 0.05) is 12.1 Å². The largest absolute Gasteiger partial charge is 0.307 e. The van der Waals surface area contributed by atoms with Gasteiger partial charge in [-0.1, -0.05) is 24.3 Å². The molecule has 0 heterocycles. The Morgan fingerprint density at radius 3 is 2.33 bits per heavy atom. The van der Waals surface area contributed by atoms with Crippen LogP contribution in [0.25, 0.3) is 0 Å². The van der Waals surface area contributed by atoms with Gasteiger partial charge in [0.15, 0.2) is 0 Å². The van der Waals surface area contributed by atoms with E-state index in [-0.39, 0.29) is 17.7 Å². The molecule has 2 aromatic carbocycles. The molecule has 0 saturated heterocycles. The van der Waals surface area contributed by atoms with Gasteiger partial charge in [0.2, 0.25) is 0 Å². The minimum Gasteiger partial charge on any atom is -0.307 e. The number of hydrogen-bond donors (Lipinski definition) is 1. The topological polar surface area (TPSA) is 12.0 Å². The Morgan fingerprint density at radius 1 is 1.00 bits per heavy atom. The smallest absolute Gasteiger partial charge is 0.123 e. The molecule has 1 atom stereocenters. The molecule has 110 valence electrons. The van der Waals surface area contributed by atoms with E-state index in [0.717, 1.165) is 24.0 Å². The van der Waals surface area contributed by atoms with Crippen molar-refractivity contribution < 1.29 is 8.78 Å². The lowest BCUT2D eigenvalue weighted by Crippen LogP contribution is -2.41. The van der Waals surface area contributed by atoms with Crippen LogP contribution in [0.5, 0.6) is 0 Å². The van der Waals surface area contributed by atoms with Gasteiger partial charge < -0.3 is 5.32 Å². The second-order valence-corrected chi connectivity index (χ2v) is 5.86. The van der Waals surface area contributed by atoms with Crippen LogP contribution in [-0.2, 0) is 0 Å². The monoisotopic (exact) mass is 287 g/mol. The van der Waals surface area contributed by atoms with Gasteiger partial charge in [-0.15, -0.1) is 0 Å². The summed E-state index contributed by atoms with van der Waals surface area (Å²) >= 11 is 0. The summed E-state index contributed by atoms with van der Waals surface area (Å²) in [6.45, 7) is 2.05. The lowest BCUT2D eigenvalue weighted by Gasteiger charge is -2.38. The van der Waals surface area contributed by atoms with Crippen LogP contribution in [0.15, 0.2) is 48.5 Å². The Morgan fingerprint density at radius 2 is 1.67 bits per heavy atom. The first-order valence-corrected chi connectivity index (χ1v) is 7.39. The van der Waals surface area contributed by atoms with E-state index < -0.39 is 0 Å². The van der Waals surface area contributed by atoms with Crippen molar-refractivity contribution in [1.82, 2.24) is 5.32 Å². The predicted molar refractivity (Wildman–Crippen MR) is 80.1 cm³/mol. The highest BCUT2D eigenvalue weighted by molar-refractivity contribution is 5.25. The molecule has 0 unspecified atom stereocenters. The summed E-state index contributed by atoms with van der Waals surface area (Å²) in [7, 11) is 0. The van der Waals surface area contributed by atoms with Crippen LogP contribution < -0.4 is 5.32 Å². The van der Waals surface area contributed by atoms with Gasteiger partial charge in [-0.25, -0.2) is 8.78 Å². The molecule has 0 bridgehead atoms. The lowest BCUT2D eigenvalue weighted by atomic mass is 9.75. The molecule has 0 spiro atoms. The molecule has 1 saturated carbocycles. The van der Waals surface area contributed by atoms with Gasteiger partial charge in [-0.2, -0.15) is 0 Å². The standard InChI is InChI=1S/C18H19F2N/c1-12(13-4-2-6-16(19)8-13)21-18-10-15(11-18)14-5-3-7-17(20)9-14/h2-9,12,15,18,21H,10-11H2,1H3/t12-,15?,18?/m1/s1. The normalized spacial score (nSPS) is 22.6. The van der Waals surface area contributed by atoms with E-state index in [1.165, 1.54) is 12.1 Å². The van der Waals surface area contributed by atoms with Crippen LogP contribution in [-0.4, -0.2) is 6.04 Å². The first-order chi connectivity index (χ1) is 10.1. The summed E-state index contributed by atoms with van der Waals surface area (Å²) in [5.41, 5.74) is 2.04. The highest BCUT2D eigenvalue weighted by Gasteiger charge is 2.31. The second-order valence-electron chi connectivity index (χ2n) is 5.86. The molecule has 0 amide bonds. The fourth-order valence-electron chi connectivity index (χ4n) is 3.01. The zero-order valence-corrected chi connectivity index (χ0v) is 12.0. The number of hydrogen-bond acceptors (Lipinski definition) is 1. The van der Waals surface area contributed by atoms with Crippen LogP contribution in [0.4, 0.5) is 8.78 Å².